The molecular weight excluding hydrogens is 228 g/mol. The summed E-state index contributed by atoms with van der Waals surface area (Å²) in [6.07, 6.45) is 5.52. The van der Waals surface area contributed by atoms with Crippen LogP contribution in [0.5, 0.6) is 0 Å². The van der Waals surface area contributed by atoms with Crippen LogP contribution in [0.25, 0.3) is 0 Å². The third kappa shape index (κ3) is 1.98. The summed E-state index contributed by atoms with van der Waals surface area (Å²) in [5.74, 6) is 1.02. The number of furan rings is 1. The Morgan fingerprint density at radius 2 is 2.33 bits per heavy atom. The molecule has 4 nitrogen and oxygen atoms in total. The molecule has 1 aromatic heterocycles. The zero-order valence-electron chi connectivity index (χ0n) is 11.0. The van der Waals surface area contributed by atoms with Gasteiger partial charge in [-0.3, -0.25) is 4.90 Å². The molecule has 0 radical (unpaired) electrons. The minimum absolute atomic E-state index is 0.00600. The Kier molecular flexibility index (Phi) is 3.18. The maximum atomic E-state index is 6.10. The van der Waals surface area contributed by atoms with Gasteiger partial charge in [0.15, 0.2) is 0 Å². The molecule has 1 aliphatic carbocycles. The van der Waals surface area contributed by atoms with E-state index in [4.69, 9.17) is 14.9 Å². The lowest BCUT2D eigenvalue weighted by Gasteiger charge is -2.42. The van der Waals surface area contributed by atoms with Gasteiger partial charge in [0.25, 0.3) is 0 Å². The highest BCUT2D eigenvalue weighted by Gasteiger charge is 2.50. The van der Waals surface area contributed by atoms with Gasteiger partial charge in [-0.15, -0.1) is 0 Å². The average Bonchev–Trinajstić information content (AvgIpc) is 2.95. The number of hydrogen-bond acceptors (Lipinski definition) is 4. The minimum atomic E-state index is -0.00600. The second-order valence-electron chi connectivity index (χ2n) is 5.51. The molecule has 2 fully saturated rings. The smallest absolute Gasteiger partial charge is 0.117 e. The lowest BCUT2D eigenvalue weighted by atomic mass is 9.89. The average molecular weight is 250 g/mol. The van der Waals surface area contributed by atoms with Crippen molar-refractivity contribution < 1.29 is 9.15 Å². The van der Waals surface area contributed by atoms with E-state index in [2.05, 4.69) is 11.8 Å². The third-order valence-electron chi connectivity index (χ3n) is 4.48. The predicted molar refractivity (Wildman–Crippen MR) is 69.1 cm³/mol. The van der Waals surface area contributed by atoms with Crippen molar-refractivity contribution in [3.05, 3.63) is 24.2 Å². The third-order valence-corrected chi connectivity index (χ3v) is 4.48. The summed E-state index contributed by atoms with van der Waals surface area (Å²) < 4.78 is 11.3. The van der Waals surface area contributed by atoms with Gasteiger partial charge in [0, 0.05) is 19.2 Å². The lowest BCUT2D eigenvalue weighted by Crippen LogP contribution is -2.58. The summed E-state index contributed by atoms with van der Waals surface area (Å²) in [6, 6.07) is 4.65. The highest BCUT2D eigenvalue weighted by molar-refractivity contribution is 5.08. The van der Waals surface area contributed by atoms with Crippen molar-refractivity contribution in [3.63, 3.8) is 0 Å². The Hall–Kier alpha value is -0.840. The lowest BCUT2D eigenvalue weighted by molar-refractivity contribution is 0.00101. The van der Waals surface area contributed by atoms with Gasteiger partial charge in [0.1, 0.15) is 5.76 Å². The van der Waals surface area contributed by atoms with E-state index in [9.17, 15) is 0 Å². The Morgan fingerprint density at radius 3 is 2.83 bits per heavy atom. The SMILES string of the molecule is CC1OCCC1(CN)N(Cc1ccco1)C1CC1. The molecule has 2 N–H and O–H groups in total. The maximum absolute atomic E-state index is 6.10. The van der Waals surface area contributed by atoms with E-state index in [1.807, 2.05) is 12.1 Å². The van der Waals surface area contributed by atoms with Crippen LogP contribution in [-0.4, -0.2) is 35.7 Å². The first-order valence-electron chi connectivity index (χ1n) is 6.87. The fraction of sp³-hybridized carbons (Fsp3) is 0.714. The zero-order valence-corrected chi connectivity index (χ0v) is 11.0. The first-order chi connectivity index (χ1) is 8.76. The summed E-state index contributed by atoms with van der Waals surface area (Å²) in [4.78, 5) is 2.53. The van der Waals surface area contributed by atoms with Crippen LogP contribution in [0.3, 0.4) is 0 Å². The number of nitrogens with zero attached hydrogens (tertiary/aromatic N) is 1. The molecule has 3 rings (SSSR count). The van der Waals surface area contributed by atoms with Gasteiger partial charge in [-0.1, -0.05) is 0 Å². The van der Waals surface area contributed by atoms with Crippen LogP contribution in [0, 0.1) is 0 Å². The quantitative estimate of drug-likeness (QED) is 0.865. The van der Waals surface area contributed by atoms with E-state index in [-0.39, 0.29) is 11.6 Å². The van der Waals surface area contributed by atoms with E-state index in [0.717, 1.165) is 25.3 Å². The first kappa shape index (κ1) is 12.2. The van der Waals surface area contributed by atoms with Gasteiger partial charge in [0.05, 0.1) is 24.5 Å². The molecule has 4 heteroatoms. The van der Waals surface area contributed by atoms with Crippen LogP contribution in [0.4, 0.5) is 0 Å². The molecule has 1 saturated heterocycles. The predicted octanol–water partition coefficient (Wildman–Crippen LogP) is 1.75. The van der Waals surface area contributed by atoms with E-state index in [1.54, 1.807) is 6.26 Å². The molecule has 2 heterocycles. The molecule has 2 atom stereocenters. The van der Waals surface area contributed by atoms with Crippen molar-refractivity contribution >= 4 is 0 Å². The van der Waals surface area contributed by atoms with Crippen molar-refractivity contribution in [1.82, 2.24) is 4.90 Å². The molecule has 100 valence electrons. The van der Waals surface area contributed by atoms with Crippen LogP contribution in [0.1, 0.15) is 31.9 Å². The normalized spacial score (nSPS) is 32.3. The summed E-state index contributed by atoms with van der Waals surface area (Å²) in [6.45, 7) is 4.48. The Morgan fingerprint density at radius 1 is 1.50 bits per heavy atom. The largest absolute Gasteiger partial charge is 0.468 e. The monoisotopic (exact) mass is 250 g/mol. The molecule has 2 aliphatic rings. The Bertz CT molecular complexity index is 389. The van der Waals surface area contributed by atoms with E-state index >= 15 is 0 Å². The number of ether oxygens (including phenoxy) is 1. The summed E-state index contributed by atoms with van der Waals surface area (Å²) >= 11 is 0. The van der Waals surface area contributed by atoms with E-state index < -0.39 is 0 Å². The second-order valence-corrected chi connectivity index (χ2v) is 5.51. The van der Waals surface area contributed by atoms with Gasteiger partial charge in [-0.05, 0) is 38.3 Å². The standard InChI is InChI=1S/C14H22N2O2/c1-11-14(10-15,6-8-17-11)16(12-4-5-12)9-13-3-2-7-18-13/h2-3,7,11-12H,4-6,8-10,15H2,1H3. The molecule has 18 heavy (non-hydrogen) atoms. The maximum Gasteiger partial charge on any atom is 0.117 e. The van der Waals surface area contributed by atoms with Gasteiger partial charge in [-0.2, -0.15) is 0 Å². The van der Waals surface area contributed by atoms with Crippen LogP contribution >= 0.6 is 0 Å². The molecule has 2 unspecified atom stereocenters. The van der Waals surface area contributed by atoms with Gasteiger partial charge in [0.2, 0.25) is 0 Å². The van der Waals surface area contributed by atoms with Crippen molar-refractivity contribution in [1.29, 1.82) is 0 Å². The molecule has 1 aromatic rings. The zero-order chi connectivity index (χ0) is 12.6. The van der Waals surface area contributed by atoms with Gasteiger partial charge in [-0.25, -0.2) is 0 Å². The molecule has 1 aliphatic heterocycles. The Labute approximate surface area is 108 Å². The van der Waals surface area contributed by atoms with Crippen LogP contribution in [-0.2, 0) is 11.3 Å². The van der Waals surface area contributed by atoms with Crippen molar-refractivity contribution in [3.8, 4) is 0 Å². The fourth-order valence-corrected chi connectivity index (χ4v) is 3.14. The van der Waals surface area contributed by atoms with Crippen LogP contribution in [0.15, 0.2) is 22.8 Å². The van der Waals surface area contributed by atoms with E-state index in [0.29, 0.717) is 12.6 Å². The van der Waals surface area contributed by atoms with Crippen molar-refractivity contribution in [2.75, 3.05) is 13.2 Å². The second kappa shape index (κ2) is 4.68. The van der Waals surface area contributed by atoms with Gasteiger partial charge < -0.3 is 14.9 Å². The van der Waals surface area contributed by atoms with Crippen molar-refractivity contribution in [2.24, 2.45) is 5.73 Å². The fourth-order valence-electron chi connectivity index (χ4n) is 3.14. The summed E-state index contributed by atoms with van der Waals surface area (Å²) in [7, 11) is 0. The molecule has 0 aromatic carbocycles. The molecule has 1 saturated carbocycles. The number of hydrogen-bond donors (Lipinski definition) is 1. The minimum Gasteiger partial charge on any atom is -0.468 e. The highest BCUT2D eigenvalue weighted by atomic mass is 16.5. The molecular formula is C14H22N2O2. The van der Waals surface area contributed by atoms with E-state index in [1.165, 1.54) is 12.8 Å². The molecule has 0 amide bonds. The summed E-state index contributed by atoms with van der Waals surface area (Å²) in [5, 5.41) is 0. The summed E-state index contributed by atoms with van der Waals surface area (Å²) in [5.41, 5.74) is 6.10. The molecule has 0 spiro atoms. The van der Waals surface area contributed by atoms with Crippen molar-refractivity contribution in [2.45, 2.75) is 50.4 Å². The number of rotatable bonds is 5. The van der Waals surface area contributed by atoms with Crippen LogP contribution in [0.2, 0.25) is 0 Å². The van der Waals surface area contributed by atoms with Gasteiger partial charge >= 0.3 is 0 Å². The first-order valence-corrected chi connectivity index (χ1v) is 6.87. The number of nitrogens with two attached hydrogens (primary N) is 1. The topological polar surface area (TPSA) is 51.6 Å². The Balaban J connectivity index is 1.83. The highest BCUT2D eigenvalue weighted by Crippen LogP contribution is 2.40. The molecule has 0 bridgehead atoms. The van der Waals surface area contributed by atoms with Crippen LogP contribution < -0.4 is 5.73 Å².